The summed E-state index contributed by atoms with van der Waals surface area (Å²) in [7, 11) is 0. The van der Waals surface area contributed by atoms with Crippen molar-refractivity contribution in [2.24, 2.45) is 0 Å². The van der Waals surface area contributed by atoms with Crippen molar-refractivity contribution in [3.8, 4) is 0 Å². The molecule has 2 heterocycles. The molecular weight excluding hydrogens is 250 g/mol. The molecule has 0 aromatic carbocycles. The second-order valence-electron chi connectivity index (χ2n) is 5.37. The highest BCUT2D eigenvalue weighted by atomic mass is 16.5. The summed E-state index contributed by atoms with van der Waals surface area (Å²) in [6, 6.07) is 6.78. The van der Waals surface area contributed by atoms with Crippen LogP contribution in [0.5, 0.6) is 0 Å². The Morgan fingerprint density at radius 1 is 1.30 bits per heavy atom. The molecule has 4 nitrogen and oxygen atoms in total. The third-order valence-corrected chi connectivity index (χ3v) is 3.72. The van der Waals surface area contributed by atoms with Gasteiger partial charge in [0.15, 0.2) is 0 Å². The van der Waals surface area contributed by atoms with Gasteiger partial charge in [0.25, 0.3) is 0 Å². The third kappa shape index (κ3) is 5.10. The molecule has 1 aliphatic heterocycles. The molecule has 4 heteroatoms. The molecule has 1 N–H and O–H groups in total. The average Bonchev–Trinajstić information content (AvgIpc) is 2.52. The Kier molecular flexibility index (Phi) is 6.81. The van der Waals surface area contributed by atoms with Crippen molar-refractivity contribution in [1.29, 1.82) is 0 Å². The Bertz CT molecular complexity index is 350. The van der Waals surface area contributed by atoms with Crippen LogP contribution in [0, 0.1) is 0 Å². The van der Waals surface area contributed by atoms with Gasteiger partial charge >= 0.3 is 0 Å². The first kappa shape index (κ1) is 15.3. The minimum atomic E-state index is 0.654. The first-order chi connectivity index (χ1) is 9.90. The van der Waals surface area contributed by atoms with Crippen molar-refractivity contribution in [3.63, 3.8) is 0 Å². The summed E-state index contributed by atoms with van der Waals surface area (Å²) in [6.45, 7) is 7.18. The predicted octanol–water partition coefficient (Wildman–Crippen LogP) is 2.46. The van der Waals surface area contributed by atoms with Gasteiger partial charge in [-0.1, -0.05) is 13.0 Å². The second kappa shape index (κ2) is 8.93. The van der Waals surface area contributed by atoms with Crippen LogP contribution < -0.4 is 10.2 Å². The Morgan fingerprint density at radius 2 is 2.15 bits per heavy atom. The SMILES string of the molecule is CCCOCCCNC1CCN(c2ccccn2)CC1. The fraction of sp³-hybridized carbons (Fsp3) is 0.688. The molecule has 112 valence electrons. The number of pyridine rings is 1. The van der Waals surface area contributed by atoms with E-state index in [9.17, 15) is 0 Å². The number of hydrogen-bond acceptors (Lipinski definition) is 4. The fourth-order valence-corrected chi connectivity index (χ4v) is 2.58. The van der Waals surface area contributed by atoms with Crippen LogP contribution in [0.1, 0.15) is 32.6 Å². The van der Waals surface area contributed by atoms with E-state index in [-0.39, 0.29) is 0 Å². The first-order valence-electron chi connectivity index (χ1n) is 7.87. The molecule has 0 bridgehead atoms. The van der Waals surface area contributed by atoms with E-state index < -0.39 is 0 Å². The molecule has 20 heavy (non-hydrogen) atoms. The minimum Gasteiger partial charge on any atom is -0.381 e. The van der Waals surface area contributed by atoms with Gasteiger partial charge in [0.05, 0.1) is 0 Å². The first-order valence-corrected chi connectivity index (χ1v) is 7.87. The van der Waals surface area contributed by atoms with E-state index in [1.165, 1.54) is 12.8 Å². The zero-order valence-corrected chi connectivity index (χ0v) is 12.6. The summed E-state index contributed by atoms with van der Waals surface area (Å²) >= 11 is 0. The van der Waals surface area contributed by atoms with Gasteiger partial charge in [-0.25, -0.2) is 4.98 Å². The van der Waals surface area contributed by atoms with Crippen LogP contribution in [0.4, 0.5) is 5.82 Å². The maximum Gasteiger partial charge on any atom is 0.128 e. The lowest BCUT2D eigenvalue weighted by atomic mass is 10.0. The number of ether oxygens (including phenoxy) is 1. The molecule has 1 aliphatic rings. The lowest BCUT2D eigenvalue weighted by molar-refractivity contribution is 0.131. The van der Waals surface area contributed by atoms with Crippen LogP contribution in [0.3, 0.4) is 0 Å². The molecule has 0 amide bonds. The topological polar surface area (TPSA) is 37.4 Å². The van der Waals surface area contributed by atoms with Crippen molar-refractivity contribution in [2.75, 3.05) is 37.7 Å². The number of hydrogen-bond donors (Lipinski definition) is 1. The van der Waals surface area contributed by atoms with Crippen molar-refractivity contribution >= 4 is 5.82 Å². The Morgan fingerprint density at radius 3 is 2.85 bits per heavy atom. The molecule has 0 aliphatic carbocycles. The van der Waals surface area contributed by atoms with Crippen LogP contribution in [-0.2, 0) is 4.74 Å². The molecule has 1 aromatic rings. The Hall–Kier alpha value is -1.13. The van der Waals surface area contributed by atoms with E-state index in [0.717, 1.165) is 51.5 Å². The zero-order chi connectivity index (χ0) is 14.0. The summed E-state index contributed by atoms with van der Waals surface area (Å²) in [5, 5.41) is 3.64. The zero-order valence-electron chi connectivity index (χ0n) is 12.6. The molecular formula is C16H27N3O. The van der Waals surface area contributed by atoms with Gasteiger partial charge in [0.2, 0.25) is 0 Å². The number of nitrogens with one attached hydrogen (secondary N) is 1. The standard InChI is InChI=1S/C16H27N3O/c1-2-13-20-14-5-10-17-15-7-11-19(12-8-15)16-6-3-4-9-18-16/h3-4,6,9,15,17H,2,5,7-8,10-14H2,1H3. The van der Waals surface area contributed by atoms with Crippen molar-refractivity contribution < 1.29 is 4.74 Å². The quantitative estimate of drug-likeness (QED) is 0.741. The highest BCUT2D eigenvalue weighted by molar-refractivity contribution is 5.38. The van der Waals surface area contributed by atoms with E-state index in [1.807, 2.05) is 12.3 Å². The molecule has 1 aromatic heterocycles. The molecule has 0 atom stereocenters. The van der Waals surface area contributed by atoms with Gasteiger partial charge in [0, 0.05) is 38.5 Å². The molecule has 0 radical (unpaired) electrons. The number of nitrogens with zero attached hydrogens (tertiary/aromatic N) is 2. The summed E-state index contributed by atoms with van der Waals surface area (Å²) in [5.74, 6) is 1.11. The molecule has 1 saturated heterocycles. The van der Waals surface area contributed by atoms with Crippen LogP contribution in [0.25, 0.3) is 0 Å². The third-order valence-electron chi connectivity index (χ3n) is 3.72. The van der Waals surface area contributed by atoms with Gasteiger partial charge in [-0.2, -0.15) is 0 Å². The van der Waals surface area contributed by atoms with Crippen molar-refractivity contribution in [3.05, 3.63) is 24.4 Å². The highest BCUT2D eigenvalue weighted by Crippen LogP contribution is 2.17. The predicted molar refractivity (Wildman–Crippen MR) is 83.2 cm³/mol. The molecule has 0 spiro atoms. The van der Waals surface area contributed by atoms with E-state index in [1.54, 1.807) is 0 Å². The van der Waals surface area contributed by atoms with Gasteiger partial charge in [-0.15, -0.1) is 0 Å². The maximum absolute atomic E-state index is 5.49. The summed E-state index contributed by atoms with van der Waals surface area (Å²) in [6.07, 6.45) is 6.49. The number of rotatable bonds is 8. The van der Waals surface area contributed by atoms with Gasteiger partial charge in [-0.3, -0.25) is 0 Å². The van der Waals surface area contributed by atoms with E-state index in [2.05, 4.69) is 34.3 Å². The number of piperidine rings is 1. The smallest absolute Gasteiger partial charge is 0.128 e. The van der Waals surface area contributed by atoms with Crippen LogP contribution in [0.15, 0.2) is 24.4 Å². The van der Waals surface area contributed by atoms with E-state index in [4.69, 9.17) is 4.74 Å². The Balaban J connectivity index is 1.58. The highest BCUT2D eigenvalue weighted by Gasteiger charge is 2.19. The average molecular weight is 277 g/mol. The second-order valence-corrected chi connectivity index (χ2v) is 5.37. The summed E-state index contributed by atoms with van der Waals surface area (Å²) < 4.78 is 5.49. The Labute approximate surface area is 122 Å². The van der Waals surface area contributed by atoms with E-state index in [0.29, 0.717) is 6.04 Å². The maximum atomic E-state index is 5.49. The van der Waals surface area contributed by atoms with Crippen LogP contribution in [0.2, 0.25) is 0 Å². The summed E-state index contributed by atoms with van der Waals surface area (Å²) in [4.78, 5) is 6.80. The normalized spacial score (nSPS) is 16.6. The molecule has 1 fully saturated rings. The summed E-state index contributed by atoms with van der Waals surface area (Å²) in [5.41, 5.74) is 0. The fourth-order valence-electron chi connectivity index (χ4n) is 2.58. The van der Waals surface area contributed by atoms with Gasteiger partial charge in [0.1, 0.15) is 5.82 Å². The van der Waals surface area contributed by atoms with Gasteiger partial charge < -0.3 is 15.0 Å². The number of aromatic nitrogens is 1. The minimum absolute atomic E-state index is 0.654. The number of anilines is 1. The van der Waals surface area contributed by atoms with E-state index >= 15 is 0 Å². The van der Waals surface area contributed by atoms with Crippen molar-refractivity contribution in [1.82, 2.24) is 10.3 Å². The van der Waals surface area contributed by atoms with Crippen LogP contribution >= 0.6 is 0 Å². The van der Waals surface area contributed by atoms with Crippen LogP contribution in [-0.4, -0.2) is 43.9 Å². The monoisotopic (exact) mass is 277 g/mol. The lowest BCUT2D eigenvalue weighted by Crippen LogP contribution is -2.43. The lowest BCUT2D eigenvalue weighted by Gasteiger charge is -2.33. The van der Waals surface area contributed by atoms with Gasteiger partial charge in [-0.05, 0) is 44.4 Å². The molecule has 0 unspecified atom stereocenters. The largest absolute Gasteiger partial charge is 0.381 e. The molecule has 2 rings (SSSR count). The molecule has 0 saturated carbocycles. The van der Waals surface area contributed by atoms with Crippen molar-refractivity contribution in [2.45, 2.75) is 38.6 Å².